The first-order valence-corrected chi connectivity index (χ1v) is 2.73. The molecule has 3 nitrogen and oxygen atoms in total. The molecule has 0 saturated carbocycles. The normalized spacial score (nSPS) is 12.4. The van der Waals surface area contributed by atoms with Gasteiger partial charge in [0.05, 0.1) is 0 Å². The van der Waals surface area contributed by atoms with Crippen LogP contribution in [0, 0.1) is 0 Å². The van der Waals surface area contributed by atoms with Crippen molar-refractivity contribution in [2.24, 2.45) is 0 Å². The molecule has 0 aromatic carbocycles. The van der Waals surface area contributed by atoms with E-state index >= 15 is 0 Å². The second-order valence-electron chi connectivity index (χ2n) is 0.921. The minimum atomic E-state index is -5.84. The Labute approximate surface area is 68.1 Å². The Kier molecular flexibility index (Phi) is 4.25. The van der Waals surface area contributed by atoms with E-state index in [4.69, 9.17) is 13.0 Å². The second kappa shape index (κ2) is 3.12. The van der Waals surface area contributed by atoms with E-state index in [2.05, 4.69) is 0 Å². The van der Waals surface area contributed by atoms with Gasteiger partial charge in [0.25, 0.3) is 0 Å². The van der Waals surface area contributed by atoms with Crippen LogP contribution in [-0.2, 0) is 36.3 Å². The molecule has 1 N–H and O–H groups in total. The zero-order chi connectivity index (χ0) is 7.00. The molecule has 0 aromatic heterocycles. The van der Waals surface area contributed by atoms with E-state index in [1.54, 1.807) is 0 Å². The standard InChI is InChI=1S/CHF3O3S.Zr/c2-1(3,4)8(5,6)7;/h(H,5,6,7);. The summed E-state index contributed by atoms with van der Waals surface area (Å²) >= 11 is 0. The number of halogens is 3. The summed E-state index contributed by atoms with van der Waals surface area (Å²) in [5.41, 5.74) is -5.53. The monoisotopic (exact) mass is 240 g/mol. The molecule has 0 heterocycles. The van der Waals surface area contributed by atoms with Crippen molar-refractivity contribution in [3.8, 4) is 0 Å². The second-order valence-corrected chi connectivity index (χ2v) is 2.33. The largest absolute Gasteiger partial charge is 0.522 e. The molecule has 0 rings (SSSR count). The molecule has 0 radical (unpaired) electrons. The van der Waals surface area contributed by atoms with Crippen molar-refractivity contribution in [1.82, 2.24) is 0 Å². The molecule has 0 atom stereocenters. The summed E-state index contributed by atoms with van der Waals surface area (Å²) in [6, 6.07) is 0. The molecule has 0 aromatic rings. The summed E-state index contributed by atoms with van der Waals surface area (Å²) in [5.74, 6) is 0. The van der Waals surface area contributed by atoms with Crippen molar-refractivity contribution < 1.29 is 52.3 Å². The molecule has 0 bridgehead atoms. The van der Waals surface area contributed by atoms with Gasteiger partial charge in [-0.2, -0.15) is 21.6 Å². The first kappa shape index (κ1) is 12.3. The molecular formula is CHF3O3SZr. The van der Waals surface area contributed by atoms with Crippen molar-refractivity contribution >= 4 is 10.1 Å². The average molecular weight is 241 g/mol. The third kappa shape index (κ3) is 4.05. The van der Waals surface area contributed by atoms with Crippen molar-refractivity contribution in [3.63, 3.8) is 0 Å². The van der Waals surface area contributed by atoms with Crippen LogP contribution in [0.15, 0.2) is 0 Å². The number of alkyl halides is 3. The molecule has 0 unspecified atom stereocenters. The van der Waals surface area contributed by atoms with Crippen LogP contribution >= 0.6 is 0 Å². The van der Waals surface area contributed by atoms with E-state index in [9.17, 15) is 13.2 Å². The molecular weight excluding hydrogens is 240 g/mol. The Morgan fingerprint density at radius 2 is 1.33 bits per heavy atom. The summed E-state index contributed by atoms with van der Waals surface area (Å²) in [7, 11) is -5.84. The SMILES string of the molecule is O=S(=O)(O)C(F)(F)F.[Zr]. The molecule has 0 aliphatic rings. The van der Waals surface area contributed by atoms with E-state index in [1.165, 1.54) is 0 Å². The zero-order valence-electron chi connectivity index (χ0n) is 3.81. The molecule has 0 spiro atoms. The van der Waals surface area contributed by atoms with Crippen LogP contribution in [0.25, 0.3) is 0 Å². The Morgan fingerprint density at radius 1 is 1.22 bits per heavy atom. The minimum absolute atomic E-state index is 0. The van der Waals surface area contributed by atoms with Crippen LogP contribution < -0.4 is 0 Å². The summed E-state index contributed by atoms with van der Waals surface area (Å²) in [5, 5.41) is 0. The van der Waals surface area contributed by atoms with E-state index in [0.29, 0.717) is 0 Å². The zero-order valence-corrected chi connectivity index (χ0v) is 7.08. The van der Waals surface area contributed by atoms with Gasteiger partial charge in [0.2, 0.25) is 0 Å². The first-order chi connectivity index (χ1) is 3.25. The van der Waals surface area contributed by atoms with Gasteiger partial charge in [-0.05, 0) is 0 Å². The number of rotatable bonds is 0. The van der Waals surface area contributed by atoms with Crippen LogP contribution in [0.2, 0.25) is 0 Å². The van der Waals surface area contributed by atoms with E-state index in [-0.39, 0.29) is 26.2 Å². The Balaban J connectivity index is 0. The van der Waals surface area contributed by atoms with E-state index in [1.807, 2.05) is 0 Å². The molecule has 0 saturated heterocycles. The van der Waals surface area contributed by atoms with Crippen LogP contribution in [-0.4, -0.2) is 18.5 Å². The topological polar surface area (TPSA) is 54.4 Å². The summed E-state index contributed by atoms with van der Waals surface area (Å²) in [6.07, 6.45) is 0. The van der Waals surface area contributed by atoms with Crippen LogP contribution in [0.4, 0.5) is 13.2 Å². The van der Waals surface area contributed by atoms with Crippen LogP contribution in [0.3, 0.4) is 0 Å². The quantitative estimate of drug-likeness (QED) is 0.493. The van der Waals surface area contributed by atoms with Gasteiger partial charge in [0.15, 0.2) is 0 Å². The molecule has 0 amide bonds. The summed E-state index contributed by atoms with van der Waals surface area (Å²) in [4.78, 5) is 0. The van der Waals surface area contributed by atoms with Gasteiger partial charge in [-0.1, -0.05) is 0 Å². The van der Waals surface area contributed by atoms with Gasteiger partial charge >= 0.3 is 15.6 Å². The van der Waals surface area contributed by atoms with E-state index < -0.39 is 15.6 Å². The minimum Gasteiger partial charge on any atom is -0.279 e. The van der Waals surface area contributed by atoms with Gasteiger partial charge in [-0.3, -0.25) is 4.55 Å². The van der Waals surface area contributed by atoms with Gasteiger partial charge in [0.1, 0.15) is 0 Å². The predicted octanol–water partition coefficient (Wildman–Crippen LogP) is 0.392. The maximum atomic E-state index is 10.7. The van der Waals surface area contributed by atoms with Gasteiger partial charge < -0.3 is 0 Å². The molecule has 0 aliphatic carbocycles. The van der Waals surface area contributed by atoms with Gasteiger partial charge in [-0.25, -0.2) is 0 Å². The maximum Gasteiger partial charge on any atom is 0.522 e. The fourth-order valence-corrected chi connectivity index (χ4v) is 0. The third-order valence-electron chi connectivity index (χ3n) is 0.292. The van der Waals surface area contributed by atoms with Gasteiger partial charge in [0, 0.05) is 26.2 Å². The summed E-state index contributed by atoms with van der Waals surface area (Å²) < 4.78 is 57.5. The van der Waals surface area contributed by atoms with Crippen LogP contribution in [0.5, 0.6) is 0 Å². The Morgan fingerprint density at radius 3 is 1.33 bits per heavy atom. The Bertz CT molecular complexity index is 168. The number of hydrogen-bond acceptors (Lipinski definition) is 2. The third-order valence-corrected chi connectivity index (χ3v) is 0.877. The van der Waals surface area contributed by atoms with Crippen molar-refractivity contribution in [2.45, 2.75) is 5.51 Å². The number of hydrogen-bond donors (Lipinski definition) is 1. The van der Waals surface area contributed by atoms with Gasteiger partial charge in [-0.15, -0.1) is 0 Å². The fraction of sp³-hybridized carbons (Fsp3) is 1.00. The molecule has 9 heavy (non-hydrogen) atoms. The predicted molar refractivity (Wildman–Crippen MR) is 17.6 cm³/mol. The molecule has 8 heteroatoms. The maximum absolute atomic E-state index is 10.7. The van der Waals surface area contributed by atoms with Crippen molar-refractivity contribution in [2.75, 3.05) is 0 Å². The van der Waals surface area contributed by atoms with Crippen LogP contribution in [0.1, 0.15) is 0 Å². The molecule has 54 valence electrons. The van der Waals surface area contributed by atoms with Crippen molar-refractivity contribution in [1.29, 1.82) is 0 Å². The molecule has 0 aliphatic heterocycles. The Hall–Kier alpha value is 0.583. The fourth-order valence-electron chi connectivity index (χ4n) is 0. The molecule has 0 fully saturated rings. The summed E-state index contributed by atoms with van der Waals surface area (Å²) in [6.45, 7) is 0. The first-order valence-electron chi connectivity index (χ1n) is 1.29. The van der Waals surface area contributed by atoms with Crippen molar-refractivity contribution in [3.05, 3.63) is 0 Å². The average Bonchev–Trinajstić information content (AvgIpc) is 1.25. The smallest absolute Gasteiger partial charge is 0.279 e. The van der Waals surface area contributed by atoms with E-state index in [0.717, 1.165) is 0 Å².